The maximum absolute atomic E-state index is 12.9. The molecule has 0 aliphatic rings. The molecule has 2 aromatic rings. The molecule has 0 atom stereocenters. The Morgan fingerprint density at radius 2 is 1.96 bits per heavy atom. The summed E-state index contributed by atoms with van der Waals surface area (Å²) >= 11 is 0. The Balaban J connectivity index is 2.31. The van der Waals surface area contributed by atoms with Gasteiger partial charge in [-0.3, -0.25) is 24.9 Å². The highest BCUT2D eigenvalue weighted by Gasteiger charge is 2.37. The number of nitrogens with zero attached hydrogens (tertiary/aromatic N) is 2. The van der Waals surface area contributed by atoms with Crippen LogP contribution in [0, 0.1) is 5.41 Å². The van der Waals surface area contributed by atoms with Crippen molar-refractivity contribution >= 4 is 23.7 Å². The fourth-order valence-corrected chi connectivity index (χ4v) is 2.02. The number of amides is 1. The van der Waals surface area contributed by atoms with Crippen molar-refractivity contribution < 1.29 is 27.5 Å². The predicted molar refractivity (Wildman–Crippen MR) is 81.7 cm³/mol. The van der Waals surface area contributed by atoms with Gasteiger partial charge in [0, 0.05) is 12.5 Å². The first-order valence-electron chi connectivity index (χ1n) is 6.90. The Hall–Kier alpha value is -3.17. The zero-order valence-corrected chi connectivity index (χ0v) is 13.1. The number of rotatable bonds is 3. The van der Waals surface area contributed by atoms with E-state index in [9.17, 15) is 22.8 Å². The summed E-state index contributed by atoms with van der Waals surface area (Å²) < 4.78 is 44.1. The average Bonchev–Trinajstić information content (AvgIpc) is 2.90. The number of hydrogen-bond donors (Lipinski definition) is 2. The second-order valence-electron chi connectivity index (χ2n) is 4.96. The number of aromatic nitrogens is 2. The predicted octanol–water partition coefficient (Wildman–Crippen LogP) is 2.92. The van der Waals surface area contributed by atoms with E-state index in [1.54, 1.807) is 0 Å². The second kappa shape index (κ2) is 6.75. The molecular formula is C15H13F3N4O3. The number of carbonyl (C=O) groups is 2. The lowest BCUT2D eigenvalue weighted by molar-refractivity contribution is -0.142. The summed E-state index contributed by atoms with van der Waals surface area (Å²) in [5.74, 6) is -2.14. The first-order chi connectivity index (χ1) is 11.6. The average molecular weight is 354 g/mol. The second-order valence-corrected chi connectivity index (χ2v) is 4.96. The number of esters is 1. The molecule has 10 heteroatoms. The van der Waals surface area contributed by atoms with Crippen molar-refractivity contribution in [2.45, 2.75) is 20.0 Å². The van der Waals surface area contributed by atoms with E-state index < -0.39 is 35.5 Å². The minimum atomic E-state index is -4.73. The van der Waals surface area contributed by atoms with E-state index in [1.165, 1.54) is 31.2 Å². The van der Waals surface area contributed by atoms with Crippen molar-refractivity contribution in [3.05, 3.63) is 41.7 Å². The molecule has 25 heavy (non-hydrogen) atoms. The molecular weight excluding hydrogens is 341 g/mol. The maximum Gasteiger partial charge on any atom is 0.433 e. The Labute approximate surface area is 139 Å². The van der Waals surface area contributed by atoms with Crippen LogP contribution in [0.3, 0.4) is 0 Å². The third-order valence-electron chi connectivity index (χ3n) is 2.97. The molecule has 1 amide bonds. The SMILES string of the molecule is CC(=N)n1c(C(F)(F)F)cnc1NC(=O)c1cccc(OC(C)=O)c1. The van der Waals surface area contributed by atoms with E-state index in [4.69, 9.17) is 10.1 Å². The largest absolute Gasteiger partial charge is 0.433 e. The lowest BCUT2D eigenvalue weighted by atomic mass is 10.2. The molecule has 2 N–H and O–H groups in total. The number of benzene rings is 1. The van der Waals surface area contributed by atoms with Gasteiger partial charge >= 0.3 is 12.1 Å². The number of carbonyl (C=O) groups excluding carboxylic acids is 2. The van der Waals surface area contributed by atoms with Crippen LogP contribution in [0.25, 0.3) is 0 Å². The minimum Gasteiger partial charge on any atom is -0.427 e. The van der Waals surface area contributed by atoms with Crippen LogP contribution in [0.1, 0.15) is 29.9 Å². The molecule has 2 rings (SSSR count). The van der Waals surface area contributed by atoms with Gasteiger partial charge in [-0.05, 0) is 25.1 Å². The molecule has 0 unspecified atom stereocenters. The van der Waals surface area contributed by atoms with Crippen LogP contribution in [-0.2, 0) is 11.0 Å². The number of ether oxygens (including phenoxy) is 1. The topological polar surface area (TPSA) is 97.1 Å². The maximum atomic E-state index is 12.9. The van der Waals surface area contributed by atoms with Gasteiger partial charge < -0.3 is 4.74 Å². The van der Waals surface area contributed by atoms with Crippen LogP contribution in [-0.4, -0.2) is 27.3 Å². The number of anilines is 1. The first kappa shape index (κ1) is 18.2. The van der Waals surface area contributed by atoms with Crippen LogP contribution in [0.5, 0.6) is 5.75 Å². The molecule has 0 saturated heterocycles. The summed E-state index contributed by atoms with van der Waals surface area (Å²) in [4.78, 5) is 26.7. The minimum absolute atomic E-state index is 0.0458. The molecule has 1 heterocycles. The number of halogens is 3. The van der Waals surface area contributed by atoms with Crippen LogP contribution in [0.4, 0.5) is 19.1 Å². The van der Waals surface area contributed by atoms with Gasteiger partial charge in [0.1, 0.15) is 17.3 Å². The lowest BCUT2D eigenvalue weighted by Crippen LogP contribution is -2.22. The molecule has 0 saturated carbocycles. The van der Waals surface area contributed by atoms with Gasteiger partial charge in [0.05, 0.1) is 6.20 Å². The van der Waals surface area contributed by atoms with Crippen molar-refractivity contribution in [1.82, 2.24) is 9.55 Å². The summed E-state index contributed by atoms with van der Waals surface area (Å²) in [5.41, 5.74) is -1.13. The highest BCUT2D eigenvalue weighted by molar-refractivity contribution is 6.04. The smallest absolute Gasteiger partial charge is 0.427 e. The molecule has 7 nitrogen and oxygen atoms in total. The quantitative estimate of drug-likeness (QED) is 0.383. The molecule has 0 bridgehead atoms. The summed E-state index contributed by atoms with van der Waals surface area (Å²) in [6.45, 7) is 2.32. The molecule has 0 fully saturated rings. The summed E-state index contributed by atoms with van der Waals surface area (Å²) in [6.07, 6.45) is -4.20. The van der Waals surface area contributed by atoms with E-state index in [1.807, 2.05) is 0 Å². The first-order valence-corrected chi connectivity index (χ1v) is 6.90. The van der Waals surface area contributed by atoms with Gasteiger partial charge in [-0.25, -0.2) is 4.98 Å². The van der Waals surface area contributed by atoms with Gasteiger partial charge in [-0.2, -0.15) is 13.2 Å². The fraction of sp³-hybridized carbons (Fsp3) is 0.200. The molecule has 0 spiro atoms. The molecule has 1 aromatic carbocycles. The number of alkyl halides is 3. The van der Waals surface area contributed by atoms with Gasteiger partial charge in [-0.15, -0.1) is 0 Å². The zero-order chi connectivity index (χ0) is 18.8. The fourth-order valence-electron chi connectivity index (χ4n) is 2.02. The Bertz CT molecular complexity index is 843. The van der Waals surface area contributed by atoms with E-state index in [-0.39, 0.29) is 11.3 Å². The zero-order valence-electron chi connectivity index (χ0n) is 13.1. The normalized spacial score (nSPS) is 11.1. The van der Waals surface area contributed by atoms with Gasteiger partial charge in [-0.1, -0.05) is 6.07 Å². The number of imidazole rings is 1. The highest BCUT2D eigenvalue weighted by Crippen LogP contribution is 2.31. The summed E-state index contributed by atoms with van der Waals surface area (Å²) in [6, 6.07) is 5.54. The standard InChI is InChI=1S/C15H13F3N4O3/c1-8(19)22-12(15(16,17)18)7-20-14(22)21-13(24)10-4-3-5-11(6-10)25-9(2)23/h3-7,19H,1-2H3,(H,20,21,24). The molecule has 0 aliphatic carbocycles. The summed E-state index contributed by atoms with van der Waals surface area (Å²) in [7, 11) is 0. The van der Waals surface area contributed by atoms with E-state index >= 15 is 0 Å². The Morgan fingerprint density at radius 1 is 1.28 bits per heavy atom. The van der Waals surface area contributed by atoms with E-state index in [0.717, 1.165) is 6.92 Å². The van der Waals surface area contributed by atoms with Crippen molar-refractivity contribution in [3.8, 4) is 5.75 Å². The molecule has 1 aromatic heterocycles. The van der Waals surface area contributed by atoms with Crippen LogP contribution in [0.15, 0.2) is 30.5 Å². The monoisotopic (exact) mass is 354 g/mol. The van der Waals surface area contributed by atoms with Crippen molar-refractivity contribution in [2.24, 2.45) is 0 Å². The van der Waals surface area contributed by atoms with Crippen LogP contribution >= 0.6 is 0 Å². The third-order valence-corrected chi connectivity index (χ3v) is 2.97. The summed E-state index contributed by atoms with van der Waals surface area (Å²) in [5, 5.41) is 9.70. The lowest BCUT2D eigenvalue weighted by Gasteiger charge is -2.12. The van der Waals surface area contributed by atoms with Crippen molar-refractivity contribution in [1.29, 1.82) is 5.41 Å². The molecule has 132 valence electrons. The van der Waals surface area contributed by atoms with Crippen LogP contribution in [0.2, 0.25) is 0 Å². The van der Waals surface area contributed by atoms with E-state index in [2.05, 4.69) is 10.3 Å². The number of nitrogens with one attached hydrogen (secondary N) is 2. The van der Waals surface area contributed by atoms with Gasteiger partial charge in [0.2, 0.25) is 5.95 Å². The molecule has 0 radical (unpaired) electrons. The van der Waals surface area contributed by atoms with Crippen molar-refractivity contribution in [2.75, 3.05) is 5.32 Å². The van der Waals surface area contributed by atoms with E-state index in [0.29, 0.717) is 10.8 Å². The van der Waals surface area contributed by atoms with Gasteiger partial charge in [0.15, 0.2) is 0 Å². The van der Waals surface area contributed by atoms with Crippen molar-refractivity contribution in [3.63, 3.8) is 0 Å². The number of hydrogen-bond acceptors (Lipinski definition) is 5. The Kier molecular flexibility index (Phi) is 4.91. The van der Waals surface area contributed by atoms with Crippen LogP contribution < -0.4 is 10.1 Å². The molecule has 0 aliphatic heterocycles. The highest BCUT2D eigenvalue weighted by atomic mass is 19.4. The Morgan fingerprint density at radius 3 is 2.52 bits per heavy atom. The van der Waals surface area contributed by atoms with Gasteiger partial charge in [0.25, 0.3) is 5.91 Å². The third kappa shape index (κ3) is 4.22.